The summed E-state index contributed by atoms with van der Waals surface area (Å²) in [6.07, 6.45) is -0.407. The molecular weight excluding hydrogens is 480 g/mol. The Labute approximate surface area is 216 Å². The summed E-state index contributed by atoms with van der Waals surface area (Å²) in [6.45, 7) is 11.5. The number of hydrogen-bond donors (Lipinski definition) is 1. The van der Waals surface area contributed by atoms with Crippen LogP contribution in [0.1, 0.15) is 67.7 Å². The molecule has 0 spiro atoms. The summed E-state index contributed by atoms with van der Waals surface area (Å²) in [4.78, 5) is 68.1. The minimum Gasteiger partial charge on any atom is -0.468 e. The highest BCUT2D eigenvalue weighted by Gasteiger charge is 2.85. The Bertz CT molecular complexity index is 1190. The second-order valence-corrected chi connectivity index (χ2v) is 12.8. The van der Waals surface area contributed by atoms with Crippen molar-refractivity contribution in [2.24, 2.45) is 39.4 Å². The molecule has 0 aromatic heterocycles. The van der Waals surface area contributed by atoms with Crippen LogP contribution in [0.4, 0.5) is 0 Å². The van der Waals surface area contributed by atoms with Crippen LogP contribution >= 0.6 is 0 Å². The van der Waals surface area contributed by atoms with Crippen molar-refractivity contribution in [3.05, 3.63) is 11.1 Å². The molecule has 0 aromatic rings. The number of ether oxygens (including phenoxy) is 3. The molecule has 4 fully saturated rings. The molecule has 0 radical (unpaired) electrons. The third-order valence-corrected chi connectivity index (χ3v) is 11.0. The van der Waals surface area contributed by atoms with Crippen LogP contribution in [0.15, 0.2) is 11.1 Å². The van der Waals surface area contributed by atoms with Crippen molar-refractivity contribution in [3.63, 3.8) is 0 Å². The highest BCUT2D eigenvalue weighted by Crippen LogP contribution is 2.77. The number of aliphatic hydroxyl groups is 1. The summed E-state index contributed by atoms with van der Waals surface area (Å²) in [7, 11) is 1.19. The van der Waals surface area contributed by atoms with Crippen molar-refractivity contribution in [2.75, 3.05) is 7.11 Å². The van der Waals surface area contributed by atoms with Gasteiger partial charge in [-0.2, -0.15) is 0 Å². The topological polar surface area (TPSA) is 133 Å². The molecule has 1 aliphatic heterocycles. The molecule has 37 heavy (non-hydrogen) atoms. The van der Waals surface area contributed by atoms with E-state index in [0.717, 1.165) is 6.92 Å². The molecule has 9 nitrogen and oxygen atoms in total. The van der Waals surface area contributed by atoms with E-state index >= 15 is 0 Å². The summed E-state index contributed by atoms with van der Waals surface area (Å²) in [5.41, 5.74) is -6.68. The number of rotatable bonds is 2. The molecule has 3 saturated carbocycles. The van der Waals surface area contributed by atoms with E-state index in [4.69, 9.17) is 14.2 Å². The van der Waals surface area contributed by atoms with E-state index in [1.54, 1.807) is 20.8 Å². The van der Waals surface area contributed by atoms with E-state index in [2.05, 4.69) is 0 Å². The second-order valence-electron chi connectivity index (χ2n) is 12.8. The minimum absolute atomic E-state index is 0.122. The fraction of sp³-hybridized carbons (Fsp3) is 0.750. The van der Waals surface area contributed by atoms with E-state index < -0.39 is 86.7 Å². The van der Waals surface area contributed by atoms with Gasteiger partial charge in [-0.15, -0.1) is 0 Å². The Balaban J connectivity index is 1.85. The fourth-order valence-electron chi connectivity index (χ4n) is 9.73. The van der Waals surface area contributed by atoms with E-state index in [9.17, 15) is 29.1 Å². The SMILES string of the molecule is COC(=O)[C@@]12C(=O)[C@](C)(O)C(=O)[C@@H](C(C)=C1C)C1[C@]2(C)C[C@@H]2OC(=O)[C@]13CC[C@H](OC(C)=O)C(C)(C)[C@@H]23. The maximum absolute atomic E-state index is 14.3. The lowest BCUT2D eigenvalue weighted by atomic mass is 9.34. The summed E-state index contributed by atoms with van der Waals surface area (Å²) in [6, 6.07) is 0. The number of Topliss-reactive ketones (excluding diaryl/α,β-unsaturated/α-hetero) is 2. The number of allylic oxidation sites excluding steroid dienone is 1. The molecular formula is C28H36O9. The van der Waals surface area contributed by atoms with Crippen molar-refractivity contribution in [1.29, 1.82) is 0 Å². The molecule has 9 heteroatoms. The van der Waals surface area contributed by atoms with Gasteiger partial charge in [0.25, 0.3) is 0 Å². The number of fused-ring (bicyclic) bond motifs is 2. The van der Waals surface area contributed by atoms with Gasteiger partial charge in [-0.1, -0.05) is 26.3 Å². The Morgan fingerprint density at radius 2 is 1.68 bits per heavy atom. The Kier molecular flexibility index (Phi) is 5.15. The maximum Gasteiger partial charge on any atom is 0.324 e. The average Bonchev–Trinajstić information content (AvgIpc) is 3.00. The Morgan fingerprint density at radius 1 is 1.05 bits per heavy atom. The van der Waals surface area contributed by atoms with Crippen LogP contribution in [-0.2, 0) is 38.2 Å². The molecule has 1 unspecified atom stereocenters. The first-order valence-corrected chi connectivity index (χ1v) is 12.9. The number of carbonyl (C=O) groups is 5. The zero-order valence-electron chi connectivity index (χ0n) is 22.7. The molecule has 202 valence electrons. The van der Waals surface area contributed by atoms with Gasteiger partial charge >= 0.3 is 17.9 Å². The Hall–Kier alpha value is -2.55. The van der Waals surface area contributed by atoms with Crippen LogP contribution in [-0.4, -0.2) is 59.5 Å². The van der Waals surface area contributed by atoms with Gasteiger partial charge in [-0.25, -0.2) is 0 Å². The van der Waals surface area contributed by atoms with Crippen LogP contribution in [0.5, 0.6) is 0 Å². The highest BCUT2D eigenvalue weighted by molar-refractivity contribution is 6.24. The molecule has 1 N–H and O–H groups in total. The zero-order chi connectivity index (χ0) is 27.7. The summed E-state index contributed by atoms with van der Waals surface area (Å²) < 4.78 is 17.0. The molecule has 1 saturated heterocycles. The predicted molar refractivity (Wildman–Crippen MR) is 128 cm³/mol. The van der Waals surface area contributed by atoms with Gasteiger partial charge < -0.3 is 19.3 Å². The lowest BCUT2D eigenvalue weighted by Gasteiger charge is -2.65. The van der Waals surface area contributed by atoms with Crippen molar-refractivity contribution >= 4 is 29.5 Å². The predicted octanol–water partition coefficient (Wildman–Crippen LogP) is 2.32. The summed E-state index contributed by atoms with van der Waals surface area (Å²) in [5.74, 6) is -5.54. The van der Waals surface area contributed by atoms with Gasteiger partial charge in [-0.05, 0) is 51.5 Å². The lowest BCUT2D eigenvalue weighted by Crippen LogP contribution is -2.70. The van der Waals surface area contributed by atoms with Crippen LogP contribution in [0.2, 0.25) is 0 Å². The molecule has 4 bridgehead atoms. The minimum atomic E-state index is -2.45. The first-order chi connectivity index (χ1) is 17.0. The lowest BCUT2D eigenvalue weighted by molar-refractivity contribution is -0.214. The van der Waals surface area contributed by atoms with Crippen LogP contribution in [0, 0.1) is 39.4 Å². The number of hydrogen-bond acceptors (Lipinski definition) is 9. The molecule has 6 rings (SSSR count). The monoisotopic (exact) mass is 516 g/mol. The van der Waals surface area contributed by atoms with Gasteiger partial charge in [-0.3, -0.25) is 24.0 Å². The fourth-order valence-corrected chi connectivity index (χ4v) is 9.73. The van der Waals surface area contributed by atoms with Gasteiger partial charge in [0.1, 0.15) is 12.2 Å². The first kappa shape index (κ1) is 26.1. The molecule has 0 aromatic carbocycles. The van der Waals surface area contributed by atoms with Crippen LogP contribution in [0.3, 0.4) is 0 Å². The van der Waals surface area contributed by atoms with Crippen molar-refractivity contribution in [3.8, 4) is 0 Å². The van der Waals surface area contributed by atoms with Crippen molar-refractivity contribution in [1.82, 2.24) is 0 Å². The Morgan fingerprint density at radius 3 is 2.24 bits per heavy atom. The van der Waals surface area contributed by atoms with E-state index in [1.165, 1.54) is 14.0 Å². The second kappa shape index (κ2) is 7.30. The molecule has 5 aliphatic carbocycles. The first-order valence-electron chi connectivity index (χ1n) is 12.9. The number of methoxy groups -OCH3 is 1. The van der Waals surface area contributed by atoms with Gasteiger partial charge in [0, 0.05) is 29.6 Å². The number of ketones is 2. The van der Waals surface area contributed by atoms with Crippen molar-refractivity contribution < 1.29 is 43.3 Å². The molecule has 6 aliphatic rings. The highest BCUT2D eigenvalue weighted by atomic mass is 16.6. The number of carbonyl (C=O) groups excluding carboxylic acids is 5. The van der Waals surface area contributed by atoms with Gasteiger partial charge in [0.15, 0.2) is 22.6 Å². The maximum atomic E-state index is 14.3. The van der Waals surface area contributed by atoms with Crippen LogP contribution < -0.4 is 0 Å². The molecule has 0 amide bonds. The van der Waals surface area contributed by atoms with E-state index in [0.29, 0.717) is 17.6 Å². The number of esters is 3. The third kappa shape index (κ3) is 2.57. The van der Waals surface area contributed by atoms with Crippen molar-refractivity contribution in [2.45, 2.75) is 85.5 Å². The average molecular weight is 517 g/mol. The summed E-state index contributed by atoms with van der Waals surface area (Å²) in [5, 5.41) is 11.4. The zero-order valence-corrected chi connectivity index (χ0v) is 22.7. The van der Waals surface area contributed by atoms with E-state index in [-0.39, 0.29) is 12.8 Å². The largest absolute Gasteiger partial charge is 0.468 e. The summed E-state index contributed by atoms with van der Waals surface area (Å²) >= 11 is 0. The molecule has 1 heterocycles. The van der Waals surface area contributed by atoms with Gasteiger partial charge in [0.2, 0.25) is 0 Å². The molecule has 9 atom stereocenters. The van der Waals surface area contributed by atoms with Crippen LogP contribution in [0.25, 0.3) is 0 Å². The quantitative estimate of drug-likeness (QED) is 0.254. The standard InChI is InChI=1S/C28H36O9/c1-12-13(2)28(23(33)35-8)21(31)26(7,34)20(30)17(12)19-25(28,6)11-15-18-24(4,5)16(36-14(3)29)9-10-27(18,19)22(32)37-15/h15-19,34H,9-11H2,1-8H3/t15-,16-,17-,18+,19?,25-,26+,27-,28-/m0/s1. The third-order valence-electron chi connectivity index (χ3n) is 11.0. The smallest absolute Gasteiger partial charge is 0.324 e. The normalized spacial score (nSPS) is 47.6. The van der Waals surface area contributed by atoms with E-state index in [1.807, 2.05) is 13.8 Å². The van der Waals surface area contributed by atoms with Gasteiger partial charge in [0.05, 0.1) is 12.5 Å².